The molecule has 1 heterocycles. The molecule has 0 saturated carbocycles. The van der Waals surface area contributed by atoms with Crippen molar-refractivity contribution in [2.45, 2.75) is 18.8 Å². The number of alkyl halides is 2. The quantitative estimate of drug-likeness (QED) is 0.853. The zero-order valence-corrected chi connectivity index (χ0v) is 13.3. The Morgan fingerprint density at radius 1 is 1.18 bits per heavy atom. The van der Waals surface area contributed by atoms with Crippen LogP contribution in [0.5, 0.6) is 0 Å². The van der Waals surface area contributed by atoms with Gasteiger partial charge in [-0.15, -0.1) is 0 Å². The minimum Gasteiger partial charge on any atom is -0.341 e. The van der Waals surface area contributed by atoms with E-state index >= 15 is 0 Å². The summed E-state index contributed by atoms with van der Waals surface area (Å²) >= 11 is 3.28. The zero-order chi connectivity index (χ0) is 16.2. The molecule has 1 aromatic rings. The number of rotatable bonds is 3. The number of halogens is 3. The van der Waals surface area contributed by atoms with Crippen LogP contribution in [0, 0.1) is 0 Å². The number of benzene rings is 1. The van der Waals surface area contributed by atoms with Crippen molar-refractivity contribution in [3.8, 4) is 0 Å². The third-order valence-electron chi connectivity index (χ3n) is 3.35. The number of likely N-dealkylation sites (tertiary alicyclic amines) is 1. The molecule has 0 radical (unpaired) electrons. The summed E-state index contributed by atoms with van der Waals surface area (Å²) in [6.07, 6.45) is -0.659. The highest BCUT2D eigenvalue weighted by Crippen LogP contribution is 2.27. The van der Waals surface area contributed by atoms with E-state index in [-0.39, 0.29) is 38.4 Å². The smallest absolute Gasteiger partial charge is 0.319 e. The Balaban J connectivity index is 1.74. The molecule has 0 aliphatic carbocycles. The topological polar surface area (TPSA) is 61.4 Å². The van der Waals surface area contributed by atoms with Crippen LogP contribution in [0.2, 0.25) is 0 Å². The fourth-order valence-electron chi connectivity index (χ4n) is 2.06. The van der Waals surface area contributed by atoms with Crippen LogP contribution < -0.4 is 10.6 Å². The fraction of sp³-hybridized carbons (Fsp3) is 0.429. The lowest BCUT2D eigenvalue weighted by Gasteiger charge is -2.31. The minimum atomic E-state index is -2.69. The van der Waals surface area contributed by atoms with E-state index in [0.717, 1.165) is 4.47 Å². The second kappa shape index (κ2) is 7.04. The number of nitrogens with one attached hydrogen (secondary N) is 2. The van der Waals surface area contributed by atoms with Crippen molar-refractivity contribution in [2.75, 3.05) is 25.0 Å². The molecular weight excluding hydrogens is 360 g/mol. The first-order valence-electron chi connectivity index (χ1n) is 6.82. The van der Waals surface area contributed by atoms with Crippen LogP contribution in [0.3, 0.4) is 0 Å². The van der Waals surface area contributed by atoms with Crippen LogP contribution in [-0.2, 0) is 4.79 Å². The highest BCUT2D eigenvalue weighted by atomic mass is 79.9. The number of carbonyl (C=O) groups is 2. The fourth-order valence-corrected chi connectivity index (χ4v) is 2.32. The van der Waals surface area contributed by atoms with E-state index in [1.165, 1.54) is 4.90 Å². The molecule has 2 N–H and O–H groups in total. The maximum absolute atomic E-state index is 13.0. The molecule has 1 aliphatic rings. The molecule has 0 atom stereocenters. The Morgan fingerprint density at radius 2 is 1.77 bits per heavy atom. The highest BCUT2D eigenvalue weighted by molar-refractivity contribution is 9.10. The van der Waals surface area contributed by atoms with Gasteiger partial charge in [0.25, 0.3) is 5.92 Å². The van der Waals surface area contributed by atoms with Crippen molar-refractivity contribution in [3.05, 3.63) is 28.7 Å². The van der Waals surface area contributed by atoms with Gasteiger partial charge in [-0.3, -0.25) is 4.79 Å². The maximum atomic E-state index is 13.0. The van der Waals surface area contributed by atoms with Crippen LogP contribution in [0.4, 0.5) is 19.3 Å². The van der Waals surface area contributed by atoms with Crippen LogP contribution in [0.1, 0.15) is 12.8 Å². The molecule has 0 aromatic heterocycles. The lowest BCUT2D eigenvalue weighted by atomic mass is 10.1. The van der Waals surface area contributed by atoms with Gasteiger partial charge in [-0.2, -0.15) is 0 Å². The van der Waals surface area contributed by atoms with E-state index in [0.29, 0.717) is 5.69 Å². The Hall–Kier alpha value is -1.70. The lowest BCUT2D eigenvalue weighted by molar-refractivity contribution is -0.136. The van der Waals surface area contributed by atoms with E-state index in [9.17, 15) is 18.4 Å². The summed E-state index contributed by atoms with van der Waals surface area (Å²) in [6, 6.07) is 6.44. The predicted molar refractivity (Wildman–Crippen MR) is 81.9 cm³/mol. The van der Waals surface area contributed by atoms with Gasteiger partial charge in [-0.05, 0) is 24.3 Å². The number of amides is 3. The summed E-state index contributed by atoms with van der Waals surface area (Å²) in [5, 5.41) is 5.00. The Labute approximate surface area is 135 Å². The number of nitrogens with zero attached hydrogens (tertiary/aromatic N) is 1. The third kappa shape index (κ3) is 4.94. The van der Waals surface area contributed by atoms with Gasteiger partial charge in [-0.1, -0.05) is 15.9 Å². The predicted octanol–water partition coefficient (Wildman–Crippen LogP) is 2.83. The Morgan fingerprint density at radius 3 is 2.36 bits per heavy atom. The normalized spacial score (nSPS) is 17.0. The minimum absolute atomic E-state index is 0.0157. The van der Waals surface area contributed by atoms with Crippen molar-refractivity contribution in [1.82, 2.24) is 10.2 Å². The van der Waals surface area contributed by atoms with E-state index in [1.54, 1.807) is 24.3 Å². The van der Waals surface area contributed by atoms with Gasteiger partial charge in [0.05, 0.1) is 6.54 Å². The monoisotopic (exact) mass is 375 g/mol. The molecule has 5 nitrogen and oxygen atoms in total. The molecule has 1 fully saturated rings. The largest absolute Gasteiger partial charge is 0.341 e. The summed E-state index contributed by atoms with van der Waals surface area (Å²) in [7, 11) is 0. The summed E-state index contributed by atoms with van der Waals surface area (Å²) in [6.45, 7) is -0.183. The number of anilines is 1. The van der Waals surface area contributed by atoms with E-state index in [1.807, 2.05) is 0 Å². The molecular formula is C14H16BrF2N3O2. The standard InChI is InChI=1S/C14H16BrF2N3O2/c15-10-1-3-11(4-2-10)19-13(22)18-9-12(21)20-7-5-14(16,17)6-8-20/h1-4H,5-9H2,(H2,18,19,22). The molecule has 3 amide bonds. The van der Waals surface area contributed by atoms with Gasteiger partial charge in [0.1, 0.15) is 0 Å². The lowest BCUT2D eigenvalue weighted by Crippen LogP contribution is -2.47. The molecule has 120 valence electrons. The van der Waals surface area contributed by atoms with Gasteiger partial charge in [0, 0.05) is 36.1 Å². The van der Waals surface area contributed by atoms with Crippen molar-refractivity contribution < 1.29 is 18.4 Å². The molecule has 1 saturated heterocycles. The van der Waals surface area contributed by atoms with Gasteiger partial charge in [0.15, 0.2) is 0 Å². The molecule has 0 spiro atoms. The second-order valence-electron chi connectivity index (χ2n) is 5.05. The van der Waals surface area contributed by atoms with Crippen LogP contribution in [0.15, 0.2) is 28.7 Å². The molecule has 0 bridgehead atoms. The first-order chi connectivity index (χ1) is 10.4. The highest BCUT2D eigenvalue weighted by Gasteiger charge is 2.35. The number of carbonyl (C=O) groups excluding carboxylic acids is 2. The summed E-state index contributed by atoms with van der Waals surface area (Å²) < 4.78 is 26.9. The zero-order valence-electron chi connectivity index (χ0n) is 11.7. The van der Waals surface area contributed by atoms with Gasteiger partial charge in [-0.25, -0.2) is 13.6 Å². The molecule has 1 aromatic carbocycles. The van der Waals surface area contributed by atoms with Gasteiger partial charge < -0.3 is 15.5 Å². The summed E-state index contributed by atoms with van der Waals surface area (Å²) in [5.41, 5.74) is 0.589. The van der Waals surface area contributed by atoms with Crippen LogP contribution >= 0.6 is 15.9 Å². The van der Waals surface area contributed by atoms with Gasteiger partial charge in [0.2, 0.25) is 5.91 Å². The van der Waals surface area contributed by atoms with Crippen molar-refractivity contribution >= 4 is 33.6 Å². The SMILES string of the molecule is O=C(NCC(=O)N1CCC(F)(F)CC1)Nc1ccc(Br)cc1. The van der Waals surface area contributed by atoms with Crippen molar-refractivity contribution in [2.24, 2.45) is 0 Å². The van der Waals surface area contributed by atoms with Crippen molar-refractivity contribution in [1.29, 1.82) is 0 Å². The first-order valence-corrected chi connectivity index (χ1v) is 7.61. The first kappa shape index (κ1) is 16.7. The molecule has 1 aliphatic heterocycles. The number of hydrogen-bond donors (Lipinski definition) is 2. The maximum Gasteiger partial charge on any atom is 0.319 e. The number of hydrogen-bond acceptors (Lipinski definition) is 2. The van der Waals surface area contributed by atoms with Crippen LogP contribution in [-0.4, -0.2) is 42.4 Å². The van der Waals surface area contributed by atoms with Gasteiger partial charge >= 0.3 is 6.03 Å². The number of urea groups is 1. The Kier molecular flexibility index (Phi) is 5.33. The summed E-state index contributed by atoms with van der Waals surface area (Å²) in [4.78, 5) is 24.9. The average Bonchev–Trinajstić information content (AvgIpc) is 2.47. The van der Waals surface area contributed by atoms with E-state index < -0.39 is 12.0 Å². The third-order valence-corrected chi connectivity index (χ3v) is 3.88. The molecule has 22 heavy (non-hydrogen) atoms. The molecule has 0 unspecified atom stereocenters. The second-order valence-corrected chi connectivity index (χ2v) is 5.97. The Bertz CT molecular complexity index is 542. The van der Waals surface area contributed by atoms with Crippen molar-refractivity contribution in [3.63, 3.8) is 0 Å². The van der Waals surface area contributed by atoms with E-state index in [2.05, 4.69) is 26.6 Å². The molecule has 2 rings (SSSR count). The average molecular weight is 376 g/mol. The van der Waals surface area contributed by atoms with E-state index in [4.69, 9.17) is 0 Å². The summed E-state index contributed by atoms with van der Waals surface area (Å²) in [5.74, 6) is -3.05. The molecule has 8 heteroatoms. The van der Waals surface area contributed by atoms with Crippen LogP contribution in [0.25, 0.3) is 0 Å². The number of piperidine rings is 1.